The van der Waals surface area contributed by atoms with E-state index in [-0.39, 0.29) is 11.0 Å². The average Bonchev–Trinajstić information content (AvgIpc) is 3.37. The molecule has 1 aliphatic carbocycles. The Kier molecular flexibility index (Phi) is 5.23. The van der Waals surface area contributed by atoms with Crippen LogP contribution in [0.15, 0.2) is 42.5 Å². The number of amides is 1. The third-order valence-corrected chi connectivity index (χ3v) is 4.43. The van der Waals surface area contributed by atoms with Gasteiger partial charge in [-0.1, -0.05) is 41.4 Å². The van der Waals surface area contributed by atoms with Gasteiger partial charge < -0.3 is 10.6 Å². The summed E-state index contributed by atoms with van der Waals surface area (Å²) < 4.78 is 0. The lowest BCUT2D eigenvalue weighted by Crippen LogP contribution is -2.34. The van der Waals surface area contributed by atoms with Crippen LogP contribution in [-0.4, -0.2) is 17.1 Å². The lowest BCUT2D eigenvalue weighted by molar-refractivity contribution is 0.0977. The van der Waals surface area contributed by atoms with Gasteiger partial charge in [0.2, 0.25) is 0 Å². The van der Waals surface area contributed by atoms with Crippen LogP contribution in [0.5, 0.6) is 0 Å². The van der Waals surface area contributed by atoms with E-state index in [2.05, 4.69) is 16.0 Å². The van der Waals surface area contributed by atoms with E-state index in [1.54, 1.807) is 36.4 Å². The molecule has 0 unspecified atom stereocenters. The molecule has 124 valence electrons. The molecular weight excluding hydrogens is 365 g/mol. The van der Waals surface area contributed by atoms with E-state index >= 15 is 0 Å². The molecule has 24 heavy (non-hydrogen) atoms. The maximum atomic E-state index is 12.1. The Morgan fingerprint density at radius 2 is 1.67 bits per heavy atom. The van der Waals surface area contributed by atoms with Crippen molar-refractivity contribution in [3.05, 3.63) is 58.1 Å². The number of hydrogen-bond acceptors (Lipinski definition) is 3. The van der Waals surface area contributed by atoms with Crippen LogP contribution in [0.1, 0.15) is 23.2 Å². The maximum absolute atomic E-state index is 12.1. The van der Waals surface area contributed by atoms with Crippen molar-refractivity contribution < 1.29 is 4.79 Å². The highest BCUT2D eigenvalue weighted by Gasteiger charge is 2.23. The van der Waals surface area contributed by atoms with Crippen LogP contribution in [0.25, 0.3) is 0 Å². The molecular formula is C17H15Cl2N3OS. The zero-order chi connectivity index (χ0) is 17.1. The number of rotatable bonds is 4. The second-order valence-corrected chi connectivity index (χ2v) is 6.73. The van der Waals surface area contributed by atoms with Gasteiger partial charge in [-0.05, 0) is 49.3 Å². The summed E-state index contributed by atoms with van der Waals surface area (Å²) in [6.45, 7) is 0. The van der Waals surface area contributed by atoms with Crippen molar-refractivity contribution in [3.63, 3.8) is 0 Å². The van der Waals surface area contributed by atoms with Gasteiger partial charge in [0.25, 0.3) is 5.91 Å². The van der Waals surface area contributed by atoms with Crippen LogP contribution in [-0.2, 0) is 0 Å². The van der Waals surface area contributed by atoms with Crippen LogP contribution in [0.2, 0.25) is 10.0 Å². The van der Waals surface area contributed by atoms with Gasteiger partial charge in [-0.2, -0.15) is 0 Å². The number of benzene rings is 2. The van der Waals surface area contributed by atoms with Gasteiger partial charge in [0.05, 0.1) is 21.4 Å². The summed E-state index contributed by atoms with van der Waals surface area (Å²) in [4.78, 5) is 12.1. The highest BCUT2D eigenvalue weighted by Crippen LogP contribution is 2.35. The number of carbonyl (C=O) groups excluding carboxylic acids is 1. The topological polar surface area (TPSA) is 53.2 Å². The lowest BCUT2D eigenvalue weighted by Gasteiger charge is -2.16. The van der Waals surface area contributed by atoms with Gasteiger partial charge in [-0.15, -0.1) is 0 Å². The zero-order valence-electron chi connectivity index (χ0n) is 12.6. The summed E-state index contributed by atoms with van der Waals surface area (Å²) in [5.41, 5.74) is 2.02. The highest BCUT2D eigenvalue weighted by atomic mass is 35.5. The summed E-state index contributed by atoms with van der Waals surface area (Å²) in [6, 6.07) is 12.8. The van der Waals surface area contributed by atoms with Crippen molar-refractivity contribution in [1.29, 1.82) is 0 Å². The number of hydrogen-bond donors (Lipinski definition) is 3. The Balaban J connectivity index is 1.71. The first-order chi connectivity index (χ1) is 11.5. The molecule has 0 saturated heterocycles. The normalized spacial score (nSPS) is 13.2. The van der Waals surface area contributed by atoms with Gasteiger partial charge in [0.15, 0.2) is 5.11 Å². The molecule has 1 amide bonds. The second-order valence-electron chi connectivity index (χ2n) is 5.50. The van der Waals surface area contributed by atoms with E-state index in [0.29, 0.717) is 27.3 Å². The summed E-state index contributed by atoms with van der Waals surface area (Å²) in [6.07, 6.45) is 2.24. The standard InChI is InChI=1S/C17H15Cl2N3OS/c18-12-8-14(20-11-6-7-11)15(9-13(12)19)21-17(24)22-16(23)10-4-2-1-3-5-10/h1-5,8-9,11,20H,6-7H2,(H2,21,22,23,24). The Morgan fingerprint density at radius 1 is 1.04 bits per heavy atom. The first kappa shape index (κ1) is 17.0. The lowest BCUT2D eigenvalue weighted by atomic mass is 10.2. The minimum atomic E-state index is -0.273. The predicted molar refractivity (Wildman–Crippen MR) is 103 cm³/mol. The molecule has 0 spiro atoms. The van der Waals surface area contributed by atoms with E-state index in [9.17, 15) is 4.79 Å². The molecule has 1 saturated carbocycles. The molecule has 2 aromatic carbocycles. The Bertz CT molecular complexity index is 779. The zero-order valence-corrected chi connectivity index (χ0v) is 14.9. The van der Waals surface area contributed by atoms with Crippen molar-refractivity contribution in [1.82, 2.24) is 5.32 Å². The van der Waals surface area contributed by atoms with Gasteiger partial charge in [0.1, 0.15) is 0 Å². The van der Waals surface area contributed by atoms with Crippen LogP contribution >= 0.6 is 35.4 Å². The molecule has 0 bridgehead atoms. The van der Waals surface area contributed by atoms with E-state index in [0.717, 1.165) is 18.5 Å². The molecule has 2 aromatic rings. The molecule has 0 aliphatic heterocycles. The fraction of sp³-hybridized carbons (Fsp3) is 0.176. The number of thiocarbonyl (C=S) groups is 1. The molecule has 0 radical (unpaired) electrons. The molecule has 3 N–H and O–H groups in total. The second kappa shape index (κ2) is 7.38. The van der Waals surface area contributed by atoms with Gasteiger partial charge in [-0.3, -0.25) is 10.1 Å². The Labute approximate surface area is 155 Å². The number of nitrogens with one attached hydrogen (secondary N) is 3. The molecule has 7 heteroatoms. The van der Waals surface area contributed by atoms with E-state index < -0.39 is 0 Å². The van der Waals surface area contributed by atoms with E-state index in [1.165, 1.54) is 0 Å². The van der Waals surface area contributed by atoms with Crippen LogP contribution in [0, 0.1) is 0 Å². The summed E-state index contributed by atoms with van der Waals surface area (Å²) in [7, 11) is 0. The van der Waals surface area contributed by atoms with Crippen molar-refractivity contribution in [3.8, 4) is 0 Å². The smallest absolute Gasteiger partial charge is 0.257 e. The largest absolute Gasteiger partial charge is 0.381 e. The van der Waals surface area contributed by atoms with Gasteiger partial charge in [-0.25, -0.2) is 0 Å². The van der Waals surface area contributed by atoms with Crippen LogP contribution in [0.3, 0.4) is 0 Å². The predicted octanol–water partition coefficient (Wildman–Crippen LogP) is 4.69. The quantitative estimate of drug-likeness (QED) is 0.674. The van der Waals surface area contributed by atoms with Crippen molar-refractivity contribution in [2.24, 2.45) is 0 Å². The fourth-order valence-electron chi connectivity index (χ4n) is 2.14. The molecule has 0 heterocycles. The summed E-state index contributed by atoms with van der Waals surface area (Å²) >= 11 is 17.4. The van der Waals surface area contributed by atoms with Crippen molar-refractivity contribution in [2.45, 2.75) is 18.9 Å². The minimum absolute atomic E-state index is 0.195. The molecule has 3 rings (SSSR count). The highest BCUT2D eigenvalue weighted by molar-refractivity contribution is 7.80. The summed E-state index contributed by atoms with van der Waals surface area (Å²) in [5.74, 6) is -0.273. The summed E-state index contributed by atoms with van der Waals surface area (Å²) in [5, 5.41) is 10.1. The SMILES string of the molecule is O=C(NC(=S)Nc1cc(Cl)c(Cl)cc1NC1CC1)c1ccccc1. The molecule has 0 atom stereocenters. The number of halogens is 2. The van der Waals surface area contributed by atoms with Crippen molar-refractivity contribution in [2.75, 3.05) is 10.6 Å². The third-order valence-electron chi connectivity index (χ3n) is 3.51. The van der Waals surface area contributed by atoms with E-state index in [1.807, 2.05) is 6.07 Å². The Morgan fingerprint density at radius 3 is 2.29 bits per heavy atom. The van der Waals surface area contributed by atoms with E-state index in [4.69, 9.17) is 35.4 Å². The van der Waals surface area contributed by atoms with Crippen LogP contribution < -0.4 is 16.0 Å². The minimum Gasteiger partial charge on any atom is -0.381 e. The molecule has 1 fully saturated rings. The van der Waals surface area contributed by atoms with Crippen LogP contribution in [0.4, 0.5) is 11.4 Å². The van der Waals surface area contributed by atoms with Gasteiger partial charge in [0, 0.05) is 11.6 Å². The fourth-order valence-corrected chi connectivity index (χ4v) is 2.67. The number of carbonyl (C=O) groups is 1. The maximum Gasteiger partial charge on any atom is 0.257 e. The van der Waals surface area contributed by atoms with Gasteiger partial charge >= 0.3 is 0 Å². The molecule has 0 aromatic heterocycles. The Hall–Kier alpha value is -1.82. The first-order valence-electron chi connectivity index (χ1n) is 7.46. The number of anilines is 2. The monoisotopic (exact) mass is 379 g/mol. The molecule has 1 aliphatic rings. The third kappa shape index (κ3) is 4.38. The van der Waals surface area contributed by atoms with Crippen molar-refractivity contribution >= 4 is 57.8 Å². The average molecular weight is 380 g/mol. The molecule has 4 nitrogen and oxygen atoms in total. The first-order valence-corrected chi connectivity index (χ1v) is 8.62.